The fourth-order valence-electron chi connectivity index (χ4n) is 3.33. The summed E-state index contributed by atoms with van der Waals surface area (Å²) in [5.41, 5.74) is 1.53. The summed E-state index contributed by atoms with van der Waals surface area (Å²) in [5, 5.41) is 12.7. The van der Waals surface area contributed by atoms with E-state index in [2.05, 4.69) is 10.2 Å². The molecule has 2 unspecified atom stereocenters. The van der Waals surface area contributed by atoms with E-state index in [4.69, 9.17) is 0 Å². The van der Waals surface area contributed by atoms with Crippen molar-refractivity contribution in [2.24, 2.45) is 5.92 Å². The fraction of sp³-hybridized carbons (Fsp3) is 0.350. The van der Waals surface area contributed by atoms with Crippen LogP contribution in [-0.4, -0.2) is 41.7 Å². The van der Waals surface area contributed by atoms with Gasteiger partial charge in [-0.05, 0) is 42.8 Å². The van der Waals surface area contributed by atoms with Crippen LogP contribution in [0.1, 0.15) is 22.3 Å². The normalized spacial score (nSPS) is 21.0. The smallest absolute Gasteiger partial charge is 0.251 e. The molecule has 0 saturated carbocycles. The number of hydrogen-bond acceptors (Lipinski definition) is 3. The molecule has 132 valence electrons. The van der Waals surface area contributed by atoms with Gasteiger partial charge in [0.05, 0.1) is 0 Å². The van der Waals surface area contributed by atoms with Gasteiger partial charge in [0, 0.05) is 37.2 Å². The average molecular weight is 342 g/mol. The number of aliphatic hydroxyl groups excluding tert-OH is 1. The largest absolute Gasteiger partial charge is 0.396 e. The molecule has 2 atom stereocenters. The number of amides is 1. The third-order valence-electron chi connectivity index (χ3n) is 4.72. The lowest BCUT2D eigenvalue weighted by atomic mass is 9.91. The highest BCUT2D eigenvalue weighted by Crippen LogP contribution is 2.20. The summed E-state index contributed by atoms with van der Waals surface area (Å²) in [6, 6.07) is 15.5. The second-order valence-corrected chi connectivity index (χ2v) is 6.54. The summed E-state index contributed by atoms with van der Waals surface area (Å²) in [7, 11) is 0. The molecule has 1 fully saturated rings. The SMILES string of the molecule is O=C(NC1CN(Cc2cccc(F)c2)CCC1CO)c1ccccc1. The van der Waals surface area contributed by atoms with Crippen LogP contribution in [0.5, 0.6) is 0 Å². The van der Waals surface area contributed by atoms with Crippen molar-refractivity contribution in [3.8, 4) is 0 Å². The van der Waals surface area contributed by atoms with Gasteiger partial charge in [-0.1, -0.05) is 30.3 Å². The van der Waals surface area contributed by atoms with E-state index in [1.54, 1.807) is 18.2 Å². The Labute approximate surface area is 147 Å². The molecule has 4 nitrogen and oxygen atoms in total. The van der Waals surface area contributed by atoms with Gasteiger partial charge in [-0.25, -0.2) is 4.39 Å². The third kappa shape index (κ3) is 4.65. The lowest BCUT2D eigenvalue weighted by Gasteiger charge is -2.38. The van der Waals surface area contributed by atoms with E-state index in [1.807, 2.05) is 24.3 Å². The Balaban J connectivity index is 1.65. The van der Waals surface area contributed by atoms with Crippen LogP contribution >= 0.6 is 0 Å². The number of carbonyl (C=O) groups excluding carboxylic acids is 1. The molecular formula is C20H23FN2O2. The molecule has 1 aliphatic rings. The van der Waals surface area contributed by atoms with Gasteiger partial charge in [0.1, 0.15) is 5.82 Å². The van der Waals surface area contributed by atoms with Crippen molar-refractivity contribution in [2.75, 3.05) is 19.7 Å². The number of likely N-dealkylation sites (tertiary alicyclic amines) is 1. The highest BCUT2D eigenvalue weighted by Gasteiger charge is 2.30. The van der Waals surface area contributed by atoms with Crippen LogP contribution in [0.3, 0.4) is 0 Å². The van der Waals surface area contributed by atoms with Crippen LogP contribution in [0.2, 0.25) is 0 Å². The van der Waals surface area contributed by atoms with Gasteiger partial charge < -0.3 is 10.4 Å². The Morgan fingerprint density at radius 2 is 2.00 bits per heavy atom. The minimum Gasteiger partial charge on any atom is -0.396 e. The number of carbonyl (C=O) groups is 1. The average Bonchev–Trinajstić information content (AvgIpc) is 2.63. The minimum absolute atomic E-state index is 0.0384. The number of rotatable bonds is 5. The monoisotopic (exact) mass is 342 g/mol. The number of halogens is 1. The molecule has 0 bridgehead atoms. The molecule has 1 aliphatic heterocycles. The van der Waals surface area contributed by atoms with Crippen molar-refractivity contribution in [1.82, 2.24) is 10.2 Å². The first kappa shape index (κ1) is 17.6. The highest BCUT2D eigenvalue weighted by molar-refractivity contribution is 5.94. The zero-order chi connectivity index (χ0) is 17.6. The van der Waals surface area contributed by atoms with E-state index in [0.29, 0.717) is 18.7 Å². The predicted octanol–water partition coefficient (Wildman–Crippen LogP) is 2.44. The first-order valence-corrected chi connectivity index (χ1v) is 8.59. The molecule has 0 spiro atoms. The van der Waals surface area contributed by atoms with Crippen molar-refractivity contribution >= 4 is 5.91 Å². The van der Waals surface area contributed by atoms with E-state index in [0.717, 1.165) is 18.5 Å². The van der Waals surface area contributed by atoms with E-state index < -0.39 is 0 Å². The maximum atomic E-state index is 13.4. The summed E-state index contributed by atoms with van der Waals surface area (Å²) < 4.78 is 13.4. The number of nitrogens with zero attached hydrogens (tertiary/aromatic N) is 1. The van der Waals surface area contributed by atoms with Crippen LogP contribution in [0.15, 0.2) is 54.6 Å². The zero-order valence-electron chi connectivity index (χ0n) is 14.1. The van der Waals surface area contributed by atoms with E-state index in [1.165, 1.54) is 12.1 Å². The topological polar surface area (TPSA) is 52.6 Å². The molecular weight excluding hydrogens is 319 g/mol. The van der Waals surface area contributed by atoms with E-state index in [9.17, 15) is 14.3 Å². The molecule has 2 aromatic carbocycles. The van der Waals surface area contributed by atoms with Gasteiger partial charge >= 0.3 is 0 Å². The maximum Gasteiger partial charge on any atom is 0.251 e. The number of piperidine rings is 1. The molecule has 0 radical (unpaired) electrons. The standard InChI is InChI=1S/C20H23FN2O2/c21-18-8-4-5-15(11-18)12-23-10-9-17(14-24)19(13-23)22-20(25)16-6-2-1-3-7-16/h1-8,11,17,19,24H,9-10,12-14H2,(H,22,25). The summed E-state index contributed by atoms with van der Waals surface area (Å²) in [5.74, 6) is -0.329. The number of aliphatic hydroxyl groups is 1. The molecule has 2 aromatic rings. The van der Waals surface area contributed by atoms with Gasteiger partial charge in [-0.15, -0.1) is 0 Å². The predicted molar refractivity (Wildman–Crippen MR) is 94.6 cm³/mol. The molecule has 0 aromatic heterocycles. The van der Waals surface area contributed by atoms with Gasteiger partial charge in [-0.2, -0.15) is 0 Å². The fourth-order valence-corrected chi connectivity index (χ4v) is 3.33. The lowest BCUT2D eigenvalue weighted by molar-refractivity contribution is 0.0730. The van der Waals surface area contributed by atoms with Crippen LogP contribution in [0.25, 0.3) is 0 Å². The van der Waals surface area contributed by atoms with Gasteiger partial charge in [0.2, 0.25) is 0 Å². The number of hydrogen-bond donors (Lipinski definition) is 2. The molecule has 5 heteroatoms. The third-order valence-corrected chi connectivity index (χ3v) is 4.72. The van der Waals surface area contributed by atoms with Crippen LogP contribution in [-0.2, 0) is 6.54 Å². The maximum absolute atomic E-state index is 13.4. The Kier molecular flexibility index (Phi) is 5.79. The Morgan fingerprint density at radius 3 is 2.72 bits per heavy atom. The van der Waals surface area contributed by atoms with Crippen LogP contribution in [0.4, 0.5) is 4.39 Å². The number of benzene rings is 2. The molecule has 0 aliphatic carbocycles. The van der Waals surface area contributed by atoms with Crippen LogP contribution in [0, 0.1) is 11.7 Å². The summed E-state index contributed by atoms with van der Waals surface area (Å²) in [6.45, 7) is 2.14. The zero-order valence-corrected chi connectivity index (χ0v) is 14.1. The molecule has 2 N–H and O–H groups in total. The highest BCUT2D eigenvalue weighted by atomic mass is 19.1. The van der Waals surface area contributed by atoms with Gasteiger partial charge in [-0.3, -0.25) is 9.69 Å². The van der Waals surface area contributed by atoms with Crippen molar-refractivity contribution in [3.63, 3.8) is 0 Å². The number of nitrogens with one attached hydrogen (secondary N) is 1. The first-order valence-electron chi connectivity index (χ1n) is 8.59. The van der Waals surface area contributed by atoms with Crippen molar-refractivity contribution in [1.29, 1.82) is 0 Å². The van der Waals surface area contributed by atoms with E-state index >= 15 is 0 Å². The second-order valence-electron chi connectivity index (χ2n) is 6.54. The molecule has 1 amide bonds. The quantitative estimate of drug-likeness (QED) is 0.878. The van der Waals surface area contributed by atoms with Crippen molar-refractivity contribution < 1.29 is 14.3 Å². The van der Waals surface area contributed by atoms with Crippen LogP contribution < -0.4 is 5.32 Å². The molecule has 1 saturated heterocycles. The van der Waals surface area contributed by atoms with E-state index in [-0.39, 0.29) is 30.3 Å². The molecule has 3 rings (SSSR count). The Morgan fingerprint density at radius 1 is 1.20 bits per heavy atom. The van der Waals surface area contributed by atoms with Gasteiger partial charge in [0.25, 0.3) is 5.91 Å². The molecule has 25 heavy (non-hydrogen) atoms. The summed E-state index contributed by atoms with van der Waals surface area (Å²) in [6.07, 6.45) is 0.797. The Bertz CT molecular complexity index is 708. The minimum atomic E-state index is -0.239. The van der Waals surface area contributed by atoms with Crippen molar-refractivity contribution in [2.45, 2.75) is 19.0 Å². The Hall–Kier alpha value is -2.24. The first-order chi connectivity index (χ1) is 12.2. The van der Waals surface area contributed by atoms with Crippen molar-refractivity contribution in [3.05, 3.63) is 71.5 Å². The lowest BCUT2D eigenvalue weighted by Crippen LogP contribution is -2.53. The molecule has 1 heterocycles. The summed E-state index contributed by atoms with van der Waals surface area (Å²) >= 11 is 0. The second kappa shape index (κ2) is 8.23. The van der Waals surface area contributed by atoms with Gasteiger partial charge in [0.15, 0.2) is 0 Å². The summed E-state index contributed by atoms with van der Waals surface area (Å²) in [4.78, 5) is 14.6.